The summed E-state index contributed by atoms with van der Waals surface area (Å²) in [6, 6.07) is 11.6. The van der Waals surface area contributed by atoms with Gasteiger partial charge >= 0.3 is 0 Å². The van der Waals surface area contributed by atoms with Gasteiger partial charge in [-0.3, -0.25) is 9.88 Å². The van der Waals surface area contributed by atoms with Crippen molar-refractivity contribution in [2.75, 3.05) is 45.2 Å². The summed E-state index contributed by atoms with van der Waals surface area (Å²) in [5.74, 6) is 1.84. The van der Waals surface area contributed by atoms with Crippen LogP contribution in [0.25, 0.3) is 11.0 Å². The number of para-hydroxylation sites is 1. The van der Waals surface area contributed by atoms with Crippen LogP contribution >= 0.6 is 0 Å². The summed E-state index contributed by atoms with van der Waals surface area (Å²) in [6.07, 6.45) is 8.14. The summed E-state index contributed by atoms with van der Waals surface area (Å²) in [5.41, 5.74) is 6.36. The first-order chi connectivity index (χ1) is 15.7. The van der Waals surface area contributed by atoms with Crippen LogP contribution in [0.1, 0.15) is 67.2 Å². The molecule has 3 fully saturated rings. The predicted molar refractivity (Wildman–Crippen MR) is 129 cm³/mol. The van der Waals surface area contributed by atoms with Gasteiger partial charge in [0.1, 0.15) is 5.82 Å². The van der Waals surface area contributed by atoms with Crippen molar-refractivity contribution in [3.8, 4) is 0 Å². The van der Waals surface area contributed by atoms with Gasteiger partial charge in [-0.1, -0.05) is 12.1 Å². The Morgan fingerprint density at radius 2 is 1.72 bits per heavy atom. The number of piperidine rings is 1. The van der Waals surface area contributed by atoms with Gasteiger partial charge < -0.3 is 14.8 Å². The molecule has 6 nitrogen and oxygen atoms in total. The third kappa shape index (κ3) is 3.59. The largest absolute Gasteiger partial charge is 0.367 e. The van der Waals surface area contributed by atoms with Crippen molar-refractivity contribution >= 4 is 16.7 Å². The number of pyridine rings is 1. The monoisotopic (exact) mass is 430 g/mol. The van der Waals surface area contributed by atoms with E-state index in [4.69, 9.17) is 9.97 Å². The van der Waals surface area contributed by atoms with Gasteiger partial charge in [-0.15, -0.1) is 0 Å². The van der Waals surface area contributed by atoms with Gasteiger partial charge in [0.15, 0.2) is 0 Å². The number of hydrogen-bond donors (Lipinski definition) is 1. The molecule has 0 amide bonds. The lowest BCUT2D eigenvalue weighted by molar-refractivity contribution is 0.106. The first kappa shape index (κ1) is 20.2. The van der Waals surface area contributed by atoms with Crippen molar-refractivity contribution < 1.29 is 0 Å². The Balaban J connectivity index is 1.31. The Bertz CT molecular complexity index is 1090. The van der Waals surface area contributed by atoms with E-state index >= 15 is 0 Å². The summed E-state index contributed by atoms with van der Waals surface area (Å²) in [6.45, 7) is 4.35. The molecular weight excluding hydrogens is 396 g/mol. The topological polar surface area (TPSA) is 51.3 Å². The fraction of sp³-hybridized carbons (Fsp3) is 0.538. The van der Waals surface area contributed by atoms with Gasteiger partial charge in [0.2, 0.25) is 0 Å². The Morgan fingerprint density at radius 1 is 0.906 bits per heavy atom. The van der Waals surface area contributed by atoms with Crippen molar-refractivity contribution in [3.05, 3.63) is 53.6 Å². The summed E-state index contributed by atoms with van der Waals surface area (Å²) in [5, 5.41) is 0. The molecule has 1 aromatic carbocycles. The molecule has 0 radical (unpaired) electrons. The van der Waals surface area contributed by atoms with E-state index in [0.29, 0.717) is 12.1 Å². The molecule has 4 heterocycles. The van der Waals surface area contributed by atoms with Gasteiger partial charge in [0.05, 0.1) is 34.5 Å². The van der Waals surface area contributed by atoms with E-state index in [1.54, 1.807) is 0 Å². The van der Waals surface area contributed by atoms with E-state index in [1.165, 1.54) is 48.1 Å². The number of rotatable bonds is 4. The van der Waals surface area contributed by atoms with Crippen molar-refractivity contribution in [3.63, 3.8) is 0 Å². The Labute approximate surface area is 190 Å². The Kier molecular flexibility index (Phi) is 5.15. The zero-order valence-electron chi connectivity index (χ0n) is 19.3. The molecular formula is C26H34N6. The third-order valence-corrected chi connectivity index (χ3v) is 7.82. The fourth-order valence-corrected chi connectivity index (χ4v) is 5.74. The number of H-pyrrole nitrogens is 1. The number of hydrogen-bond acceptors (Lipinski definition) is 5. The Morgan fingerprint density at radius 3 is 2.53 bits per heavy atom. The summed E-state index contributed by atoms with van der Waals surface area (Å²) in [4.78, 5) is 21.2. The molecule has 6 rings (SSSR count). The zero-order chi connectivity index (χ0) is 21.7. The summed E-state index contributed by atoms with van der Waals surface area (Å²) >= 11 is 0. The highest BCUT2D eigenvalue weighted by atomic mass is 15.3. The molecule has 0 bridgehead atoms. The molecule has 6 heteroatoms. The third-order valence-electron chi connectivity index (χ3n) is 7.82. The quantitative estimate of drug-likeness (QED) is 0.661. The second-order valence-corrected chi connectivity index (χ2v) is 9.96. The van der Waals surface area contributed by atoms with Gasteiger partial charge in [0.25, 0.3) is 0 Å². The molecule has 2 atom stereocenters. The van der Waals surface area contributed by atoms with Crippen LogP contribution in [0.5, 0.6) is 0 Å². The van der Waals surface area contributed by atoms with Crippen LogP contribution in [0.15, 0.2) is 36.5 Å². The minimum atomic E-state index is 0.301. The molecule has 1 saturated carbocycles. The van der Waals surface area contributed by atoms with Crippen LogP contribution in [-0.2, 0) is 0 Å². The van der Waals surface area contributed by atoms with Crippen molar-refractivity contribution in [1.29, 1.82) is 0 Å². The highest BCUT2D eigenvalue weighted by molar-refractivity contribution is 5.89. The maximum Gasteiger partial charge on any atom is 0.124 e. The number of fused-ring (bicyclic) bond motifs is 1. The average Bonchev–Trinajstić information content (AvgIpc) is 3.58. The van der Waals surface area contributed by atoms with E-state index in [0.717, 1.165) is 49.9 Å². The lowest BCUT2D eigenvalue weighted by atomic mass is 9.90. The molecule has 0 unspecified atom stereocenters. The van der Waals surface area contributed by atoms with Gasteiger partial charge in [-0.05, 0) is 75.9 Å². The highest BCUT2D eigenvalue weighted by Crippen LogP contribution is 2.46. The number of nitrogens with zero attached hydrogens (tertiary/aromatic N) is 5. The molecule has 1 aliphatic carbocycles. The number of aromatic amines is 1. The maximum absolute atomic E-state index is 5.10. The number of anilines is 1. The maximum atomic E-state index is 5.10. The average molecular weight is 431 g/mol. The SMILES string of the molecule is CN1CCN(c2cccc3nc([C@H]4CCC[C@@H](c5ncccc5C5CC5)N4C)[nH]c23)CC1. The van der Waals surface area contributed by atoms with E-state index in [9.17, 15) is 0 Å². The van der Waals surface area contributed by atoms with Crippen LogP contribution < -0.4 is 4.90 Å². The molecule has 3 aromatic rings. The molecule has 3 aliphatic rings. The number of aromatic nitrogens is 3. The van der Waals surface area contributed by atoms with Gasteiger partial charge in [-0.2, -0.15) is 0 Å². The number of benzene rings is 1. The molecule has 2 aliphatic heterocycles. The number of imidazole rings is 1. The fourth-order valence-electron chi connectivity index (χ4n) is 5.74. The van der Waals surface area contributed by atoms with Crippen LogP contribution in [0, 0.1) is 0 Å². The molecule has 1 N–H and O–H groups in total. The standard InChI is InChI=1S/C26H34N6/c1-30-14-16-32(17-15-30)22-9-3-7-20-25(22)29-26(28-20)23-10-4-8-21(31(23)2)24-19(18-11-12-18)6-5-13-27-24/h3,5-7,9,13,18,21,23H,4,8,10-12,14-17H2,1-2H3,(H,28,29)/t21-,23+/m0/s1. The van der Waals surface area contributed by atoms with Gasteiger partial charge in [0, 0.05) is 32.4 Å². The van der Waals surface area contributed by atoms with Crippen LogP contribution in [0.3, 0.4) is 0 Å². The molecule has 168 valence electrons. The normalized spacial score (nSPS) is 25.5. The first-order valence-electron chi connectivity index (χ1n) is 12.3. The van der Waals surface area contributed by atoms with Crippen LogP contribution in [0.2, 0.25) is 0 Å². The Hall–Kier alpha value is -2.44. The summed E-state index contributed by atoms with van der Waals surface area (Å²) in [7, 11) is 4.48. The van der Waals surface area contributed by atoms with Crippen molar-refractivity contribution in [2.24, 2.45) is 0 Å². The number of piperazine rings is 1. The predicted octanol–water partition coefficient (Wildman–Crippen LogP) is 4.49. The van der Waals surface area contributed by atoms with Crippen molar-refractivity contribution in [2.45, 2.75) is 50.1 Å². The minimum absolute atomic E-state index is 0.301. The second kappa shape index (κ2) is 8.16. The van der Waals surface area contributed by atoms with Crippen molar-refractivity contribution in [1.82, 2.24) is 24.8 Å². The van der Waals surface area contributed by atoms with E-state index in [2.05, 4.69) is 64.1 Å². The second-order valence-electron chi connectivity index (χ2n) is 9.96. The first-order valence-corrected chi connectivity index (χ1v) is 12.3. The lowest BCUT2D eigenvalue weighted by Gasteiger charge is -2.39. The number of likely N-dealkylation sites (tertiary alicyclic amines) is 1. The summed E-state index contributed by atoms with van der Waals surface area (Å²) < 4.78 is 0. The molecule has 32 heavy (non-hydrogen) atoms. The van der Waals surface area contributed by atoms with E-state index < -0.39 is 0 Å². The zero-order valence-corrected chi connectivity index (χ0v) is 19.3. The van der Waals surface area contributed by atoms with E-state index in [-0.39, 0.29) is 0 Å². The molecule has 2 saturated heterocycles. The lowest BCUT2D eigenvalue weighted by Crippen LogP contribution is -2.44. The van der Waals surface area contributed by atoms with Gasteiger partial charge in [-0.25, -0.2) is 4.98 Å². The number of nitrogens with one attached hydrogen (secondary N) is 1. The van der Waals surface area contributed by atoms with E-state index in [1.807, 2.05) is 6.20 Å². The van der Waals surface area contributed by atoms with Crippen LogP contribution in [0.4, 0.5) is 5.69 Å². The smallest absolute Gasteiger partial charge is 0.124 e. The van der Waals surface area contributed by atoms with Crippen LogP contribution in [-0.4, -0.2) is 65.0 Å². The molecule has 0 spiro atoms. The highest BCUT2D eigenvalue weighted by Gasteiger charge is 2.36. The number of likely N-dealkylation sites (N-methyl/N-ethyl adjacent to an activating group) is 1. The molecule has 2 aromatic heterocycles. The minimum Gasteiger partial charge on any atom is -0.367 e.